The summed E-state index contributed by atoms with van der Waals surface area (Å²) in [6.07, 6.45) is 2.43. The van der Waals surface area contributed by atoms with Crippen LogP contribution in [0, 0.1) is 0 Å². The molecule has 1 aliphatic rings. The SMILES string of the molecule is CS(=O)(=O)Nc1ccccc1N1CCCC1=O. The summed E-state index contributed by atoms with van der Waals surface area (Å²) in [5, 5.41) is 0. The van der Waals surface area contributed by atoms with E-state index in [0.29, 0.717) is 24.3 Å². The van der Waals surface area contributed by atoms with Crippen LogP contribution in [-0.2, 0) is 14.8 Å². The topological polar surface area (TPSA) is 66.5 Å². The highest BCUT2D eigenvalue weighted by molar-refractivity contribution is 7.92. The molecular formula is C11H14N2O3S. The molecule has 1 heterocycles. The van der Waals surface area contributed by atoms with Crippen LogP contribution in [0.25, 0.3) is 0 Å². The van der Waals surface area contributed by atoms with Gasteiger partial charge in [0.25, 0.3) is 0 Å². The molecule has 1 aromatic rings. The van der Waals surface area contributed by atoms with E-state index in [1.165, 1.54) is 0 Å². The van der Waals surface area contributed by atoms with E-state index < -0.39 is 10.0 Å². The van der Waals surface area contributed by atoms with Gasteiger partial charge < -0.3 is 4.90 Å². The van der Waals surface area contributed by atoms with E-state index in [-0.39, 0.29) is 5.91 Å². The van der Waals surface area contributed by atoms with E-state index in [1.807, 2.05) is 0 Å². The van der Waals surface area contributed by atoms with Gasteiger partial charge >= 0.3 is 0 Å². The van der Waals surface area contributed by atoms with Gasteiger partial charge in [-0.05, 0) is 18.6 Å². The van der Waals surface area contributed by atoms with Crippen LogP contribution in [-0.4, -0.2) is 27.1 Å². The summed E-state index contributed by atoms with van der Waals surface area (Å²) in [6, 6.07) is 6.92. The molecule has 0 aromatic heterocycles. The van der Waals surface area contributed by atoms with Crippen molar-refractivity contribution < 1.29 is 13.2 Å². The van der Waals surface area contributed by atoms with Crippen molar-refractivity contribution in [3.05, 3.63) is 24.3 Å². The standard InChI is InChI=1S/C11H14N2O3S/c1-17(15,16)12-9-5-2-3-6-10(9)13-8-4-7-11(13)14/h2-3,5-6,12H,4,7-8H2,1H3. The van der Waals surface area contributed by atoms with Crippen molar-refractivity contribution in [2.75, 3.05) is 22.4 Å². The van der Waals surface area contributed by atoms with Gasteiger partial charge in [-0.15, -0.1) is 0 Å². The minimum Gasteiger partial charge on any atom is -0.310 e. The first-order chi connectivity index (χ1) is 7.97. The van der Waals surface area contributed by atoms with Crippen LogP contribution in [0.4, 0.5) is 11.4 Å². The maximum atomic E-state index is 11.6. The molecule has 1 aromatic carbocycles. The first-order valence-electron chi connectivity index (χ1n) is 5.34. The average molecular weight is 254 g/mol. The number of nitrogens with one attached hydrogen (secondary N) is 1. The summed E-state index contributed by atoms with van der Waals surface area (Å²) in [5.41, 5.74) is 1.07. The maximum Gasteiger partial charge on any atom is 0.229 e. The minimum absolute atomic E-state index is 0.0350. The maximum absolute atomic E-state index is 11.6. The van der Waals surface area contributed by atoms with Crippen LogP contribution >= 0.6 is 0 Å². The van der Waals surface area contributed by atoms with Crippen LogP contribution in [0.1, 0.15) is 12.8 Å². The molecule has 1 fully saturated rings. The Labute approximate surface area is 100 Å². The molecule has 0 radical (unpaired) electrons. The zero-order chi connectivity index (χ0) is 12.5. The van der Waals surface area contributed by atoms with Gasteiger partial charge in [-0.2, -0.15) is 0 Å². The van der Waals surface area contributed by atoms with Crippen molar-refractivity contribution in [2.24, 2.45) is 0 Å². The summed E-state index contributed by atoms with van der Waals surface area (Å²) < 4.78 is 24.9. The summed E-state index contributed by atoms with van der Waals surface area (Å²) in [7, 11) is -3.33. The summed E-state index contributed by atoms with van der Waals surface area (Å²) in [4.78, 5) is 13.3. The van der Waals surface area contributed by atoms with Gasteiger partial charge in [0.15, 0.2) is 0 Å². The van der Waals surface area contributed by atoms with E-state index in [2.05, 4.69) is 4.72 Å². The molecule has 0 unspecified atom stereocenters. The van der Waals surface area contributed by atoms with Crippen LogP contribution in [0.5, 0.6) is 0 Å². The molecule has 92 valence electrons. The van der Waals surface area contributed by atoms with E-state index in [0.717, 1.165) is 12.7 Å². The molecule has 1 amide bonds. The molecule has 6 heteroatoms. The Balaban J connectivity index is 2.37. The predicted molar refractivity (Wildman–Crippen MR) is 66.5 cm³/mol. The van der Waals surface area contributed by atoms with Crippen molar-refractivity contribution in [1.82, 2.24) is 0 Å². The molecule has 1 saturated heterocycles. The number of hydrogen-bond acceptors (Lipinski definition) is 3. The van der Waals surface area contributed by atoms with Crippen LogP contribution < -0.4 is 9.62 Å². The number of para-hydroxylation sites is 2. The van der Waals surface area contributed by atoms with Gasteiger partial charge in [-0.3, -0.25) is 9.52 Å². The van der Waals surface area contributed by atoms with Crippen LogP contribution in [0.2, 0.25) is 0 Å². The Morgan fingerprint density at radius 1 is 1.29 bits per heavy atom. The molecule has 0 saturated carbocycles. The fourth-order valence-electron chi connectivity index (χ4n) is 1.90. The molecule has 5 nitrogen and oxygen atoms in total. The smallest absolute Gasteiger partial charge is 0.229 e. The van der Waals surface area contributed by atoms with Gasteiger partial charge in [0.05, 0.1) is 17.6 Å². The highest BCUT2D eigenvalue weighted by atomic mass is 32.2. The van der Waals surface area contributed by atoms with Gasteiger partial charge in [0, 0.05) is 13.0 Å². The van der Waals surface area contributed by atoms with Crippen LogP contribution in [0.3, 0.4) is 0 Å². The Morgan fingerprint density at radius 3 is 2.59 bits per heavy atom. The van der Waals surface area contributed by atoms with Crippen molar-refractivity contribution in [1.29, 1.82) is 0 Å². The molecule has 17 heavy (non-hydrogen) atoms. The van der Waals surface area contributed by atoms with Crippen LogP contribution in [0.15, 0.2) is 24.3 Å². The quantitative estimate of drug-likeness (QED) is 0.881. The number of sulfonamides is 1. The van der Waals surface area contributed by atoms with Gasteiger partial charge in [-0.1, -0.05) is 12.1 Å². The zero-order valence-electron chi connectivity index (χ0n) is 9.51. The summed E-state index contributed by atoms with van der Waals surface area (Å²) in [6.45, 7) is 0.640. The second-order valence-corrected chi connectivity index (χ2v) is 5.79. The molecule has 2 rings (SSSR count). The molecule has 1 N–H and O–H groups in total. The van der Waals surface area contributed by atoms with Crippen molar-refractivity contribution in [3.63, 3.8) is 0 Å². The first-order valence-corrected chi connectivity index (χ1v) is 7.24. The van der Waals surface area contributed by atoms with E-state index in [4.69, 9.17) is 0 Å². The number of hydrogen-bond donors (Lipinski definition) is 1. The molecule has 0 spiro atoms. The van der Waals surface area contributed by atoms with E-state index in [1.54, 1.807) is 29.2 Å². The third kappa shape index (κ3) is 2.76. The van der Waals surface area contributed by atoms with E-state index >= 15 is 0 Å². The fourth-order valence-corrected chi connectivity index (χ4v) is 2.47. The highest BCUT2D eigenvalue weighted by Crippen LogP contribution is 2.29. The van der Waals surface area contributed by atoms with Gasteiger partial charge in [0.1, 0.15) is 0 Å². The predicted octanol–water partition coefficient (Wildman–Crippen LogP) is 1.18. The van der Waals surface area contributed by atoms with Crippen molar-refractivity contribution in [2.45, 2.75) is 12.8 Å². The Hall–Kier alpha value is -1.56. The Kier molecular flexibility index (Phi) is 3.06. The van der Waals surface area contributed by atoms with Gasteiger partial charge in [0.2, 0.25) is 15.9 Å². The lowest BCUT2D eigenvalue weighted by Crippen LogP contribution is -2.25. The minimum atomic E-state index is -3.33. The zero-order valence-corrected chi connectivity index (χ0v) is 10.3. The lowest BCUT2D eigenvalue weighted by molar-refractivity contribution is -0.117. The fraction of sp³-hybridized carbons (Fsp3) is 0.364. The molecule has 0 aliphatic carbocycles. The monoisotopic (exact) mass is 254 g/mol. The summed E-state index contributed by atoms with van der Waals surface area (Å²) in [5.74, 6) is 0.0350. The Bertz CT molecular complexity index is 539. The number of nitrogens with zero attached hydrogens (tertiary/aromatic N) is 1. The van der Waals surface area contributed by atoms with Crippen molar-refractivity contribution in [3.8, 4) is 0 Å². The number of amides is 1. The largest absolute Gasteiger partial charge is 0.310 e. The number of carbonyl (C=O) groups is 1. The molecule has 0 bridgehead atoms. The number of benzene rings is 1. The normalized spacial score (nSPS) is 16.3. The second-order valence-electron chi connectivity index (χ2n) is 4.04. The third-order valence-electron chi connectivity index (χ3n) is 2.56. The summed E-state index contributed by atoms with van der Waals surface area (Å²) >= 11 is 0. The third-order valence-corrected chi connectivity index (χ3v) is 3.15. The number of anilines is 2. The van der Waals surface area contributed by atoms with Crippen molar-refractivity contribution >= 4 is 27.3 Å². The average Bonchev–Trinajstić information content (AvgIpc) is 2.63. The number of rotatable bonds is 3. The van der Waals surface area contributed by atoms with E-state index in [9.17, 15) is 13.2 Å². The highest BCUT2D eigenvalue weighted by Gasteiger charge is 2.24. The molecular weight excluding hydrogens is 240 g/mol. The first kappa shape index (κ1) is 11.9. The number of carbonyl (C=O) groups excluding carboxylic acids is 1. The lowest BCUT2D eigenvalue weighted by Gasteiger charge is -2.19. The van der Waals surface area contributed by atoms with Gasteiger partial charge in [-0.25, -0.2) is 8.42 Å². The molecule has 1 aliphatic heterocycles. The lowest BCUT2D eigenvalue weighted by atomic mass is 10.2. The second kappa shape index (κ2) is 4.37. The Morgan fingerprint density at radius 2 is 2.00 bits per heavy atom. The molecule has 0 atom stereocenters.